The zero-order chi connectivity index (χ0) is 14.0. The van der Waals surface area contributed by atoms with Crippen molar-refractivity contribution in [3.63, 3.8) is 0 Å². The van der Waals surface area contributed by atoms with Gasteiger partial charge in [0.1, 0.15) is 0 Å². The van der Waals surface area contributed by atoms with Crippen molar-refractivity contribution < 1.29 is 18.0 Å². The molecule has 1 saturated carbocycles. The second kappa shape index (κ2) is 5.47. The summed E-state index contributed by atoms with van der Waals surface area (Å²) >= 11 is 0. The minimum atomic E-state index is -4.07. The van der Waals surface area contributed by atoms with Crippen LogP contribution in [-0.4, -0.2) is 24.7 Å². The Morgan fingerprint density at radius 3 is 2.11 bits per heavy atom. The summed E-state index contributed by atoms with van der Waals surface area (Å²) in [5.74, 6) is -1.57. The highest BCUT2D eigenvalue weighted by atomic mass is 19.4. The van der Waals surface area contributed by atoms with Crippen LogP contribution in [-0.2, 0) is 4.79 Å². The largest absolute Gasteiger partial charge is 0.391 e. The van der Waals surface area contributed by atoms with Crippen LogP contribution in [0.5, 0.6) is 0 Å². The van der Waals surface area contributed by atoms with E-state index in [0.717, 1.165) is 0 Å². The third-order valence-corrected chi connectivity index (χ3v) is 3.69. The molecule has 0 spiro atoms. The van der Waals surface area contributed by atoms with Gasteiger partial charge in [-0.1, -0.05) is 0 Å². The molecule has 0 radical (unpaired) electrons. The van der Waals surface area contributed by atoms with Crippen LogP contribution < -0.4 is 11.1 Å². The fourth-order valence-electron chi connectivity index (χ4n) is 2.11. The molecule has 0 aromatic carbocycles. The van der Waals surface area contributed by atoms with Gasteiger partial charge in [-0.3, -0.25) is 4.79 Å². The van der Waals surface area contributed by atoms with Gasteiger partial charge in [-0.15, -0.1) is 0 Å². The fraction of sp³-hybridized carbons (Fsp3) is 0.917. The lowest BCUT2D eigenvalue weighted by molar-refractivity contribution is -0.182. The Hall–Kier alpha value is -0.780. The maximum absolute atomic E-state index is 12.5. The van der Waals surface area contributed by atoms with E-state index < -0.39 is 23.4 Å². The number of halogens is 3. The molecule has 0 atom stereocenters. The Morgan fingerprint density at radius 1 is 1.22 bits per heavy atom. The third kappa shape index (κ3) is 4.15. The first-order chi connectivity index (χ1) is 8.13. The van der Waals surface area contributed by atoms with E-state index in [1.807, 2.05) is 0 Å². The maximum Gasteiger partial charge on any atom is 0.391 e. The highest BCUT2D eigenvalue weighted by Crippen LogP contribution is 2.37. The minimum absolute atomic E-state index is 0.0576. The molecule has 1 aliphatic rings. The highest BCUT2D eigenvalue weighted by molar-refractivity contribution is 5.80. The summed E-state index contributed by atoms with van der Waals surface area (Å²) in [6, 6.07) is 0.0576. The molecule has 0 heterocycles. The average molecular weight is 266 g/mol. The van der Waals surface area contributed by atoms with Crippen LogP contribution in [0.2, 0.25) is 0 Å². The first-order valence-electron chi connectivity index (χ1n) is 6.23. The van der Waals surface area contributed by atoms with Crippen LogP contribution in [0.3, 0.4) is 0 Å². The number of rotatable bonds is 4. The van der Waals surface area contributed by atoms with Gasteiger partial charge in [0.2, 0.25) is 5.91 Å². The quantitative estimate of drug-likeness (QED) is 0.819. The van der Waals surface area contributed by atoms with Crippen molar-refractivity contribution in [3.8, 4) is 0 Å². The van der Waals surface area contributed by atoms with Crippen molar-refractivity contribution in [3.05, 3.63) is 0 Å². The molecule has 106 valence electrons. The summed E-state index contributed by atoms with van der Waals surface area (Å²) in [6.07, 6.45) is -2.74. The van der Waals surface area contributed by atoms with Gasteiger partial charge in [-0.05, 0) is 39.5 Å². The molecular formula is C12H21F3N2O. The molecule has 1 amide bonds. The summed E-state index contributed by atoms with van der Waals surface area (Å²) in [6.45, 7) is 3.86. The summed E-state index contributed by atoms with van der Waals surface area (Å²) in [5.41, 5.74) is 4.57. The number of nitrogens with one attached hydrogen (secondary N) is 1. The van der Waals surface area contributed by atoms with E-state index in [9.17, 15) is 18.0 Å². The van der Waals surface area contributed by atoms with E-state index in [2.05, 4.69) is 5.32 Å². The Balaban J connectivity index is 2.35. The maximum atomic E-state index is 12.5. The van der Waals surface area contributed by atoms with Crippen molar-refractivity contribution in [2.75, 3.05) is 6.54 Å². The Bertz CT molecular complexity index is 294. The lowest BCUT2D eigenvalue weighted by atomic mass is 9.84. The van der Waals surface area contributed by atoms with E-state index in [-0.39, 0.29) is 18.9 Å². The van der Waals surface area contributed by atoms with Crippen LogP contribution in [0, 0.1) is 11.3 Å². The minimum Gasteiger partial charge on any atom is -0.369 e. The number of hydrogen-bond acceptors (Lipinski definition) is 2. The van der Waals surface area contributed by atoms with Gasteiger partial charge in [0.15, 0.2) is 0 Å². The Labute approximate surface area is 105 Å². The lowest BCUT2D eigenvalue weighted by Crippen LogP contribution is -2.45. The molecule has 3 nitrogen and oxygen atoms in total. The summed E-state index contributed by atoms with van der Waals surface area (Å²) in [7, 11) is 0. The molecule has 0 bridgehead atoms. The predicted octanol–water partition coefficient (Wildman–Crippen LogP) is 2.21. The van der Waals surface area contributed by atoms with E-state index in [0.29, 0.717) is 19.4 Å². The molecule has 0 aromatic heterocycles. The monoisotopic (exact) mass is 266 g/mol. The van der Waals surface area contributed by atoms with Crippen molar-refractivity contribution in [2.24, 2.45) is 17.1 Å². The molecule has 1 rings (SSSR count). The standard InChI is InChI=1S/C12H21F3N2O/c1-11(2,10(16)18)7-17-9-5-3-8(4-6-9)12(13,14)15/h8-9,17H,3-7H2,1-2H3,(H2,16,18). The SMILES string of the molecule is CC(C)(CNC1CCC(C(F)(F)F)CC1)C(N)=O. The van der Waals surface area contributed by atoms with Gasteiger partial charge >= 0.3 is 6.18 Å². The Morgan fingerprint density at radius 2 is 1.72 bits per heavy atom. The van der Waals surface area contributed by atoms with Gasteiger partial charge in [0, 0.05) is 12.6 Å². The zero-order valence-electron chi connectivity index (χ0n) is 10.8. The molecule has 3 N–H and O–H groups in total. The topological polar surface area (TPSA) is 55.1 Å². The van der Waals surface area contributed by atoms with Crippen molar-refractivity contribution in [1.29, 1.82) is 0 Å². The van der Waals surface area contributed by atoms with Crippen molar-refractivity contribution in [2.45, 2.75) is 51.7 Å². The Kier molecular flexibility index (Phi) is 4.64. The smallest absolute Gasteiger partial charge is 0.369 e. The average Bonchev–Trinajstić information content (AvgIpc) is 2.25. The van der Waals surface area contributed by atoms with Crippen molar-refractivity contribution >= 4 is 5.91 Å². The van der Waals surface area contributed by atoms with Crippen LogP contribution in [0.25, 0.3) is 0 Å². The molecule has 1 aliphatic carbocycles. The van der Waals surface area contributed by atoms with E-state index in [4.69, 9.17) is 5.73 Å². The first kappa shape index (κ1) is 15.3. The number of alkyl halides is 3. The van der Waals surface area contributed by atoms with Crippen LogP contribution in [0.15, 0.2) is 0 Å². The molecular weight excluding hydrogens is 245 g/mol. The molecule has 1 fully saturated rings. The fourth-order valence-corrected chi connectivity index (χ4v) is 2.11. The van der Waals surface area contributed by atoms with Crippen LogP contribution in [0.1, 0.15) is 39.5 Å². The second-order valence-electron chi connectivity index (χ2n) is 5.72. The summed E-state index contributed by atoms with van der Waals surface area (Å²) in [4.78, 5) is 11.1. The molecule has 18 heavy (non-hydrogen) atoms. The number of carbonyl (C=O) groups is 1. The second-order valence-corrected chi connectivity index (χ2v) is 5.72. The molecule has 0 aromatic rings. The molecule has 6 heteroatoms. The molecule has 0 aliphatic heterocycles. The number of carbonyl (C=O) groups excluding carboxylic acids is 1. The number of nitrogens with two attached hydrogens (primary N) is 1. The molecule has 0 saturated heterocycles. The summed E-state index contributed by atoms with van der Waals surface area (Å²) in [5, 5.41) is 3.15. The van der Waals surface area contributed by atoms with E-state index in [1.54, 1.807) is 13.8 Å². The van der Waals surface area contributed by atoms with Crippen LogP contribution in [0.4, 0.5) is 13.2 Å². The van der Waals surface area contributed by atoms with Gasteiger partial charge in [-0.2, -0.15) is 13.2 Å². The number of primary amides is 1. The number of amides is 1. The normalized spacial score (nSPS) is 26.1. The van der Waals surface area contributed by atoms with E-state index >= 15 is 0 Å². The van der Waals surface area contributed by atoms with E-state index in [1.165, 1.54) is 0 Å². The van der Waals surface area contributed by atoms with Crippen molar-refractivity contribution in [1.82, 2.24) is 5.32 Å². The van der Waals surface area contributed by atoms with Gasteiger partial charge in [0.05, 0.1) is 11.3 Å². The summed E-state index contributed by atoms with van der Waals surface area (Å²) < 4.78 is 37.4. The highest BCUT2D eigenvalue weighted by Gasteiger charge is 2.41. The predicted molar refractivity (Wildman–Crippen MR) is 62.8 cm³/mol. The third-order valence-electron chi connectivity index (χ3n) is 3.69. The van der Waals surface area contributed by atoms with Gasteiger partial charge in [0.25, 0.3) is 0 Å². The lowest BCUT2D eigenvalue weighted by Gasteiger charge is -2.32. The first-order valence-corrected chi connectivity index (χ1v) is 6.23. The van der Waals surface area contributed by atoms with Crippen LogP contribution >= 0.6 is 0 Å². The number of hydrogen-bond donors (Lipinski definition) is 2. The zero-order valence-corrected chi connectivity index (χ0v) is 10.8. The van der Waals surface area contributed by atoms with Gasteiger partial charge < -0.3 is 11.1 Å². The molecule has 0 unspecified atom stereocenters. The van der Waals surface area contributed by atoms with Gasteiger partial charge in [-0.25, -0.2) is 0 Å².